The lowest BCUT2D eigenvalue weighted by Crippen LogP contribution is -2.46. The Hall–Kier alpha value is -3.57. The van der Waals surface area contributed by atoms with E-state index < -0.39 is 27.1 Å². The van der Waals surface area contributed by atoms with Crippen molar-refractivity contribution in [3.05, 3.63) is 73.8 Å². The molecular weight excluding hydrogens is 380 g/mol. The largest absolute Gasteiger partial charge is 0.358 e. The lowest BCUT2D eigenvalue weighted by molar-refractivity contribution is -0.392. The first-order valence-electron chi connectivity index (χ1n) is 8.89. The van der Waals surface area contributed by atoms with Gasteiger partial charge in [0.2, 0.25) is 0 Å². The van der Waals surface area contributed by atoms with E-state index in [1.807, 2.05) is 35.8 Å². The van der Waals surface area contributed by atoms with E-state index in [0.717, 1.165) is 24.2 Å². The molecule has 2 aromatic rings. The molecule has 0 spiro atoms. The van der Waals surface area contributed by atoms with Gasteiger partial charge in [0.15, 0.2) is 5.69 Å². The van der Waals surface area contributed by atoms with Crippen LogP contribution >= 0.6 is 0 Å². The zero-order valence-electron chi connectivity index (χ0n) is 15.5. The molecule has 0 atom stereocenters. The number of nitrogens with zero attached hydrogens (tertiary/aromatic N) is 4. The molecule has 152 valence electrons. The van der Waals surface area contributed by atoms with Gasteiger partial charge in [0.1, 0.15) is 0 Å². The summed E-state index contributed by atoms with van der Waals surface area (Å²) in [4.78, 5) is 37.3. The molecule has 3 N–H and O–H groups in total. The number of hydrazine groups is 1. The Morgan fingerprint density at radius 3 is 2.03 bits per heavy atom. The fourth-order valence-corrected chi connectivity index (χ4v) is 3.39. The van der Waals surface area contributed by atoms with Crippen molar-refractivity contribution in [1.29, 1.82) is 0 Å². The number of nitro benzene ring substituents is 2. The van der Waals surface area contributed by atoms with Crippen LogP contribution in [0.1, 0.15) is 15.9 Å². The second-order valence-corrected chi connectivity index (χ2v) is 6.60. The summed E-state index contributed by atoms with van der Waals surface area (Å²) in [6, 6.07) is 11.9. The van der Waals surface area contributed by atoms with Crippen molar-refractivity contribution >= 4 is 23.0 Å². The van der Waals surface area contributed by atoms with Crippen molar-refractivity contribution < 1.29 is 14.6 Å². The number of carbonyl (C=O) groups excluding carboxylic acids is 1. The Kier molecular flexibility index (Phi) is 6.00. The summed E-state index contributed by atoms with van der Waals surface area (Å²) < 4.78 is 0. The summed E-state index contributed by atoms with van der Waals surface area (Å²) in [5, 5.41) is 23.2. The molecule has 1 aliphatic heterocycles. The van der Waals surface area contributed by atoms with Crippen LogP contribution in [0.5, 0.6) is 0 Å². The van der Waals surface area contributed by atoms with Crippen molar-refractivity contribution in [2.75, 3.05) is 31.1 Å². The maximum absolute atomic E-state index is 11.8. The van der Waals surface area contributed by atoms with Crippen LogP contribution in [-0.2, 0) is 6.54 Å². The molecule has 1 heterocycles. The predicted octanol–water partition coefficient (Wildman–Crippen LogP) is 1.43. The number of hydrogen-bond acceptors (Lipinski definition) is 8. The monoisotopic (exact) mass is 400 g/mol. The molecule has 2 aromatic carbocycles. The third kappa shape index (κ3) is 4.47. The third-order valence-electron chi connectivity index (χ3n) is 4.79. The third-order valence-corrected chi connectivity index (χ3v) is 4.79. The summed E-state index contributed by atoms with van der Waals surface area (Å²) in [6.45, 7) is 2.69. The highest BCUT2D eigenvalue weighted by molar-refractivity contribution is 5.97. The molecular formula is C18H20N6O5. The summed E-state index contributed by atoms with van der Waals surface area (Å²) in [7, 11) is 0. The van der Waals surface area contributed by atoms with Crippen molar-refractivity contribution in [3.8, 4) is 0 Å². The smallest absolute Gasteiger partial charge is 0.300 e. The molecule has 1 amide bonds. The molecule has 0 aliphatic carbocycles. The second-order valence-electron chi connectivity index (χ2n) is 6.60. The highest BCUT2D eigenvalue weighted by atomic mass is 16.6. The van der Waals surface area contributed by atoms with Gasteiger partial charge >= 0.3 is 0 Å². The molecule has 1 fully saturated rings. The fourth-order valence-electron chi connectivity index (χ4n) is 3.39. The van der Waals surface area contributed by atoms with Crippen molar-refractivity contribution in [1.82, 2.24) is 10.3 Å². The lowest BCUT2D eigenvalue weighted by atomic mass is 10.1. The average molecular weight is 400 g/mol. The van der Waals surface area contributed by atoms with Gasteiger partial charge in [-0.25, -0.2) is 5.84 Å². The fraction of sp³-hybridized carbons (Fsp3) is 0.278. The van der Waals surface area contributed by atoms with E-state index in [-0.39, 0.29) is 11.3 Å². The van der Waals surface area contributed by atoms with Gasteiger partial charge in [-0.1, -0.05) is 30.3 Å². The summed E-state index contributed by atoms with van der Waals surface area (Å²) in [5.74, 6) is 4.22. The van der Waals surface area contributed by atoms with E-state index in [1.54, 1.807) is 4.90 Å². The standard InChI is InChI=1S/C18H20N6O5/c19-20-18(25)14-10-15(23(26)27)17(16(11-14)24(28)29)22-8-6-21(7-9-22)12-13-4-2-1-3-5-13/h1-5,10-11H,6-9,12,19H2,(H,20,25). The molecule has 0 unspecified atom stereocenters. The Bertz CT molecular complexity index is 893. The van der Waals surface area contributed by atoms with Gasteiger partial charge in [-0.3, -0.25) is 35.3 Å². The first-order valence-corrected chi connectivity index (χ1v) is 8.89. The number of anilines is 1. The minimum absolute atomic E-state index is 0.0899. The number of nitrogen functional groups attached to an aromatic ring is 1. The van der Waals surface area contributed by atoms with Crippen LogP contribution in [0.25, 0.3) is 0 Å². The molecule has 0 radical (unpaired) electrons. The van der Waals surface area contributed by atoms with Gasteiger partial charge in [-0.15, -0.1) is 0 Å². The van der Waals surface area contributed by atoms with E-state index >= 15 is 0 Å². The molecule has 0 bridgehead atoms. The molecule has 11 nitrogen and oxygen atoms in total. The number of hydrogen-bond donors (Lipinski definition) is 2. The van der Waals surface area contributed by atoms with Crippen LogP contribution in [0.3, 0.4) is 0 Å². The molecule has 1 saturated heterocycles. The average Bonchev–Trinajstić information content (AvgIpc) is 2.73. The summed E-state index contributed by atoms with van der Waals surface area (Å²) >= 11 is 0. The number of carbonyl (C=O) groups is 1. The molecule has 29 heavy (non-hydrogen) atoms. The normalized spacial score (nSPS) is 14.4. The van der Waals surface area contributed by atoms with Crippen LogP contribution < -0.4 is 16.2 Å². The Morgan fingerprint density at radius 1 is 1.00 bits per heavy atom. The SMILES string of the molecule is NNC(=O)c1cc([N+](=O)[O-])c(N2CCN(Cc3ccccc3)CC2)c([N+](=O)[O-])c1. The topological polar surface area (TPSA) is 148 Å². The summed E-state index contributed by atoms with van der Waals surface area (Å²) in [6.07, 6.45) is 0. The first-order chi connectivity index (χ1) is 13.9. The van der Waals surface area contributed by atoms with Crippen LogP contribution in [0, 0.1) is 20.2 Å². The van der Waals surface area contributed by atoms with Gasteiger partial charge in [0, 0.05) is 44.9 Å². The van der Waals surface area contributed by atoms with Gasteiger partial charge in [-0.05, 0) is 5.56 Å². The first kappa shape index (κ1) is 20.2. The highest BCUT2D eigenvalue weighted by Gasteiger charge is 2.33. The van der Waals surface area contributed by atoms with Crippen LogP contribution in [0.15, 0.2) is 42.5 Å². The number of rotatable bonds is 6. The Labute approximate surface area is 166 Å². The van der Waals surface area contributed by atoms with E-state index in [2.05, 4.69) is 4.90 Å². The zero-order valence-corrected chi connectivity index (χ0v) is 15.5. The zero-order chi connectivity index (χ0) is 21.0. The molecule has 11 heteroatoms. The van der Waals surface area contributed by atoms with Crippen LogP contribution in [0.4, 0.5) is 17.1 Å². The van der Waals surface area contributed by atoms with Crippen LogP contribution in [-0.4, -0.2) is 46.8 Å². The summed E-state index contributed by atoms with van der Waals surface area (Å²) in [5.41, 5.74) is 1.67. The van der Waals surface area contributed by atoms with E-state index in [0.29, 0.717) is 26.2 Å². The van der Waals surface area contributed by atoms with Gasteiger partial charge in [0.25, 0.3) is 17.3 Å². The molecule has 0 saturated carbocycles. The maximum atomic E-state index is 11.8. The Balaban J connectivity index is 1.87. The molecule has 3 rings (SSSR count). The number of benzene rings is 2. The van der Waals surface area contributed by atoms with E-state index in [4.69, 9.17) is 5.84 Å². The van der Waals surface area contributed by atoms with E-state index in [9.17, 15) is 25.0 Å². The van der Waals surface area contributed by atoms with Crippen molar-refractivity contribution in [2.24, 2.45) is 5.84 Å². The quantitative estimate of drug-likeness (QED) is 0.320. The Morgan fingerprint density at radius 2 is 1.55 bits per heavy atom. The number of amides is 1. The van der Waals surface area contributed by atoms with Crippen molar-refractivity contribution in [2.45, 2.75) is 6.54 Å². The second kappa shape index (κ2) is 8.63. The predicted molar refractivity (Wildman–Crippen MR) is 105 cm³/mol. The van der Waals surface area contributed by atoms with Gasteiger partial charge in [0.05, 0.1) is 15.4 Å². The molecule has 0 aromatic heterocycles. The number of piperazine rings is 1. The minimum Gasteiger partial charge on any atom is -0.358 e. The lowest BCUT2D eigenvalue weighted by Gasteiger charge is -2.35. The number of nitrogens with one attached hydrogen (secondary N) is 1. The van der Waals surface area contributed by atoms with Gasteiger partial charge in [-0.2, -0.15) is 0 Å². The number of nitro groups is 2. The number of nitrogens with two attached hydrogens (primary N) is 1. The van der Waals surface area contributed by atoms with Gasteiger partial charge < -0.3 is 4.90 Å². The minimum atomic E-state index is -0.838. The van der Waals surface area contributed by atoms with Crippen LogP contribution in [0.2, 0.25) is 0 Å². The maximum Gasteiger partial charge on any atom is 0.300 e. The van der Waals surface area contributed by atoms with E-state index in [1.165, 1.54) is 0 Å². The van der Waals surface area contributed by atoms with Crippen molar-refractivity contribution in [3.63, 3.8) is 0 Å². The molecule has 1 aliphatic rings. The highest BCUT2D eigenvalue weighted by Crippen LogP contribution is 2.39.